The van der Waals surface area contributed by atoms with E-state index in [2.05, 4.69) is 0 Å². The molecule has 0 radical (unpaired) electrons. The van der Waals surface area contributed by atoms with Crippen LogP contribution in [0.5, 0.6) is 0 Å². The van der Waals surface area contributed by atoms with Crippen LogP contribution < -0.4 is 0 Å². The highest BCUT2D eigenvalue weighted by molar-refractivity contribution is 6.46. The summed E-state index contributed by atoms with van der Waals surface area (Å²) in [6.45, 7) is 0.00476. The average molecular weight is 404 g/mol. The molecule has 1 fully saturated rings. The fourth-order valence-electron chi connectivity index (χ4n) is 3.49. The first-order valence-corrected chi connectivity index (χ1v) is 9.08. The summed E-state index contributed by atoms with van der Waals surface area (Å²) in [5.41, 5.74) is 0.653. The van der Waals surface area contributed by atoms with E-state index in [1.54, 1.807) is 42.5 Å². The van der Waals surface area contributed by atoms with Crippen LogP contribution in [0.1, 0.15) is 22.9 Å². The van der Waals surface area contributed by atoms with Crippen molar-refractivity contribution in [2.45, 2.75) is 12.6 Å². The number of likely N-dealkylation sites (tertiary alicyclic amines) is 1. The maximum absolute atomic E-state index is 12.9. The van der Waals surface area contributed by atoms with E-state index < -0.39 is 22.7 Å². The third-order valence-electron chi connectivity index (χ3n) is 4.91. The van der Waals surface area contributed by atoms with Gasteiger partial charge in [-0.05, 0) is 29.8 Å². The molecule has 0 spiro atoms. The number of nitrogens with zero attached hydrogens (tertiary/aromatic N) is 2. The molecule has 1 aromatic heterocycles. The normalized spacial score (nSPS) is 18.0. The Bertz CT molecular complexity index is 1130. The van der Waals surface area contributed by atoms with Gasteiger partial charge in [0, 0.05) is 17.7 Å². The maximum Gasteiger partial charge on any atom is 0.296 e. The van der Waals surface area contributed by atoms with Crippen molar-refractivity contribution >= 4 is 23.1 Å². The second kappa shape index (κ2) is 7.67. The van der Waals surface area contributed by atoms with Crippen LogP contribution in [0.2, 0.25) is 0 Å². The third-order valence-corrected chi connectivity index (χ3v) is 4.91. The molecule has 0 bridgehead atoms. The molecule has 8 nitrogen and oxygen atoms in total. The molecule has 2 aromatic carbocycles. The number of furan rings is 1. The summed E-state index contributed by atoms with van der Waals surface area (Å²) in [4.78, 5) is 37.4. The number of Topliss-reactive ketones (excluding diaryl/α,β-unsaturated/α-hetero) is 1. The van der Waals surface area contributed by atoms with Crippen molar-refractivity contribution in [3.63, 3.8) is 0 Å². The number of hydrogen-bond donors (Lipinski definition) is 1. The Balaban J connectivity index is 1.85. The Hall–Kier alpha value is -4.20. The molecule has 4 rings (SSSR count). The fourth-order valence-corrected chi connectivity index (χ4v) is 3.49. The first kappa shape index (κ1) is 19.1. The number of ketones is 1. The summed E-state index contributed by atoms with van der Waals surface area (Å²) in [5.74, 6) is -1.46. The SMILES string of the molecule is O=C1C(=O)N(Cc2ccco2)[C@@H](c2ccc([N+](=O)[O-])cc2)C1=C(O)c1ccccc1. The molecular weight excluding hydrogens is 388 g/mol. The van der Waals surface area contributed by atoms with Gasteiger partial charge in [-0.25, -0.2) is 0 Å². The Morgan fingerprint density at radius 2 is 1.73 bits per heavy atom. The summed E-state index contributed by atoms with van der Waals surface area (Å²) in [6.07, 6.45) is 1.46. The van der Waals surface area contributed by atoms with Gasteiger partial charge in [0.25, 0.3) is 17.4 Å². The van der Waals surface area contributed by atoms with Crippen LogP contribution in [0.4, 0.5) is 5.69 Å². The van der Waals surface area contributed by atoms with Crippen LogP contribution >= 0.6 is 0 Å². The predicted octanol–water partition coefficient (Wildman–Crippen LogP) is 3.81. The minimum Gasteiger partial charge on any atom is -0.507 e. The largest absolute Gasteiger partial charge is 0.507 e. The van der Waals surface area contributed by atoms with Gasteiger partial charge in [0.2, 0.25) is 0 Å². The summed E-state index contributed by atoms with van der Waals surface area (Å²) in [6, 6.07) is 16.4. The van der Waals surface area contributed by atoms with Crippen LogP contribution in [0, 0.1) is 10.1 Å². The number of rotatable bonds is 5. The second-order valence-electron chi connectivity index (χ2n) is 6.72. The van der Waals surface area contributed by atoms with Crippen LogP contribution in [-0.4, -0.2) is 26.6 Å². The van der Waals surface area contributed by atoms with E-state index in [0.717, 1.165) is 0 Å². The van der Waals surface area contributed by atoms with Crippen molar-refractivity contribution in [3.05, 3.63) is 106 Å². The zero-order valence-corrected chi connectivity index (χ0v) is 15.6. The van der Waals surface area contributed by atoms with Gasteiger partial charge in [-0.1, -0.05) is 30.3 Å². The number of amides is 1. The number of aliphatic hydroxyl groups excluding tert-OH is 1. The summed E-state index contributed by atoms with van der Waals surface area (Å²) in [5, 5.41) is 21.9. The molecule has 1 atom stereocenters. The molecule has 1 N–H and O–H groups in total. The van der Waals surface area contributed by atoms with E-state index in [1.165, 1.54) is 35.4 Å². The van der Waals surface area contributed by atoms with E-state index in [1.807, 2.05) is 0 Å². The van der Waals surface area contributed by atoms with E-state index in [0.29, 0.717) is 16.9 Å². The molecule has 0 saturated carbocycles. The molecule has 1 aliphatic rings. The van der Waals surface area contributed by atoms with Gasteiger partial charge in [0.15, 0.2) is 0 Å². The van der Waals surface area contributed by atoms with Crippen molar-refractivity contribution in [3.8, 4) is 0 Å². The Morgan fingerprint density at radius 3 is 2.33 bits per heavy atom. The number of non-ortho nitro benzene ring substituents is 1. The molecule has 30 heavy (non-hydrogen) atoms. The number of aliphatic hydroxyl groups is 1. The Labute approximate surface area is 170 Å². The number of hydrogen-bond acceptors (Lipinski definition) is 6. The summed E-state index contributed by atoms with van der Waals surface area (Å²) >= 11 is 0. The molecule has 0 aliphatic carbocycles. The van der Waals surface area contributed by atoms with E-state index in [4.69, 9.17) is 4.42 Å². The van der Waals surface area contributed by atoms with Crippen LogP contribution in [0.25, 0.3) is 5.76 Å². The number of benzene rings is 2. The summed E-state index contributed by atoms with van der Waals surface area (Å²) in [7, 11) is 0. The zero-order valence-electron chi connectivity index (χ0n) is 15.6. The van der Waals surface area contributed by atoms with Crippen LogP contribution in [0.3, 0.4) is 0 Å². The average Bonchev–Trinajstić information content (AvgIpc) is 3.36. The highest BCUT2D eigenvalue weighted by Crippen LogP contribution is 2.40. The van der Waals surface area contributed by atoms with Gasteiger partial charge in [-0.15, -0.1) is 0 Å². The molecule has 1 amide bonds. The van der Waals surface area contributed by atoms with E-state index in [9.17, 15) is 24.8 Å². The molecular formula is C22H16N2O6. The highest BCUT2D eigenvalue weighted by atomic mass is 16.6. The number of nitro groups is 1. The van der Waals surface area contributed by atoms with E-state index in [-0.39, 0.29) is 23.6 Å². The van der Waals surface area contributed by atoms with Gasteiger partial charge in [0.05, 0.1) is 29.3 Å². The maximum atomic E-state index is 12.9. The van der Waals surface area contributed by atoms with Crippen LogP contribution in [-0.2, 0) is 16.1 Å². The van der Waals surface area contributed by atoms with Crippen molar-refractivity contribution in [2.75, 3.05) is 0 Å². The molecule has 1 aliphatic heterocycles. The van der Waals surface area contributed by atoms with Crippen LogP contribution in [0.15, 0.2) is 83.0 Å². The lowest BCUT2D eigenvalue weighted by Crippen LogP contribution is -2.29. The number of carbonyl (C=O) groups excluding carboxylic acids is 2. The fraction of sp³-hybridized carbons (Fsp3) is 0.0909. The topological polar surface area (TPSA) is 114 Å². The van der Waals surface area contributed by atoms with Gasteiger partial charge in [-0.2, -0.15) is 0 Å². The van der Waals surface area contributed by atoms with Gasteiger partial charge >= 0.3 is 0 Å². The van der Waals surface area contributed by atoms with Gasteiger partial charge in [-0.3, -0.25) is 19.7 Å². The molecule has 1 saturated heterocycles. The molecule has 2 heterocycles. The molecule has 150 valence electrons. The third kappa shape index (κ3) is 3.35. The second-order valence-corrected chi connectivity index (χ2v) is 6.72. The number of carbonyl (C=O) groups is 2. The van der Waals surface area contributed by atoms with E-state index >= 15 is 0 Å². The lowest BCUT2D eigenvalue weighted by Gasteiger charge is -2.24. The predicted molar refractivity (Wildman–Crippen MR) is 106 cm³/mol. The first-order chi connectivity index (χ1) is 14.5. The van der Waals surface area contributed by atoms with Gasteiger partial charge in [0.1, 0.15) is 11.5 Å². The molecule has 3 aromatic rings. The molecule has 8 heteroatoms. The zero-order chi connectivity index (χ0) is 21.3. The van der Waals surface area contributed by atoms with Crippen molar-refractivity contribution in [2.24, 2.45) is 0 Å². The minimum atomic E-state index is -0.920. The highest BCUT2D eigenvalue weighted by Gasteiger charge is 2.46. The smallest absolute Gasteiger partial charge is 0.296 e. The Kier molecular flexibility index (Phi) is 4.89. The van der Waals surface area contributed by atoms with Crippen molar-refractivity contribution < 1.29 is 24.0 Å². The Morgan fingerprint density at radius 1 is 1.03 bits per heavy atom. The van der Waals surface area contributed by atoms with Crippen molar-refractivity contribution in [1.82, 2.24) is 4.90 Å². The number of nitro benzene ring substituents is 1. The lowest BCUT2D eigenvalue weighted by molar-refractivity contribution is -0.384. The summed E-state index contributed by atoms with van der Waals surface area (Å²) < 4.78 is 5.32. The molecule has 0 unspecified atom stereocenters. The monoisotopic (exact) mass is 404 g/mol. The lowest BCUT2D eigenvalue weighted by atomic mass is 9.95. The van der Waals surface area contributed by atoms with Crippen molar-refractivity contribution in [1.29, 1.82) is 0 Å². The first-order valence-electron chi connectivity index (χ1n) is 9.08. The van der Waals surface area contributed by atoms with Gasteiger partial charge < -0.3 is 14.4 Å². The quantitative estimate of drug-likeness (QED) is 0.227. The minimum absolute atomic E-state index is 0.00476. The standard InChI is InChI=1S/C22H16N2O6/c25-20(15-5-2-1-3-6-15)18-19(14-8-10-16(11-9-14)24(28)29)23(22(27)21(18)26)13-17-7-4-12-30-17/h1-12,19,25H,13H2/t19-/m0/s1.